The topological polar surface area (TPSA) is 29.5 Å². The Balaban J connectivity index is 2.49. The number of aliphatic hydroxyl groups excluding tert-OH is 1. The van der Waals surface area contributed by atoms with E-state index in [2.05, 4.69) is 6.92 Å². The standard InChI is InChI=1S/C9H20NO2/c1-3-10(8-12-4-2)7-5-6-9(10)11/h9,11H,3-8H2,1-2H3/q+1. The van der Waals surface area contributed by atoms with Gasteiger partial charge < -0.3 is 9.84 Å². The Hall–Kier alpha value is -0.120. The highest BCUT2D eigenvalue weighted by molar-refractivity contribution is 4.56. The molecular formula is C9H20NO2+. The monoisotopic (exact) mass is 174 g/mol. The molecule has 12 heavy (non-hydrogen) atoms. The normalized spacial score (nSPS) is 35.8. The molecule has 1 rings (SSSR count). The minimum Gasteiger partial charge on any atom is -0.345 e. The summed E-state index contributed by atoms with van der Waals surface area (Å²) in [6.07, 6.45) is 1.87. The maximum absolute atomic E-state index is 9.76. The Morgan fingerprint density at radius 2 is 2.25 bits per heavy atom. The van der Waals surface area contributed by atoms with Crippen molar-refractivity contribution in [1.29, 1.82) is 0 Å². The van der Waals surface area contributed by atoms with E-state index in [1.807, 2.05) is 6.92 Å². The van der Waals surface area contributed by atoms with E-state index >= 15 is 0 Å². The first-order valence-corrected chi connectivity index (χ1v) is 4.86. The number of aliphatic hydroxyl groups is 1. The van der Waals surface area contributed by atoms with Gasteiger partial charge in [0.1, 0.15) is 0 Å². The van der Waals surface area contributed by atoms with Crippen LogP contribution in [0.5, 0.6) is 0 Å². The number of rotatable bonds is 4. The molecule has 0 aromatic carbocycles. The molecule has 3 heteroatoms. The Kier molecular flexibility index (Phi) is 3.50. The molecule has 0 bridgehead atoms. The Labute approximate surface area is 74.5 Å². The number of likely N-dealkylation sites (tertiary alicyclic amines) is 1. The summed E-state index contributed by atoms with van der Waals surface area (Å²) in [5.41, 5.74) is 0. The van der Waals surface area contributed by atoms with Crippen molar-refractivity contribution in [2.75, 3.05) is 26.4 Å². The van der Waals surface area contributed by atoms with Crippen molar-refractivity contribution in [2.45, 2.75) is 32.9 Å². The summed E-state index contributed by atoms with van der Waals surface area (Å²) in [5.74, 6) is 0. The molecule has 1 saturated heterocycles. The molecule has 1 aliphatic rings. The lowest BCUT2D eigenvalue weighted by Crippen LogP contribution is -2.52. The second-order valence-corrected chi connectivity index (χ2v) is 3.50. The lowest BCUT2D eigenvalue weighted by atomic mass is 10.4. The highest BCUT2D eigenvalue weighted by atomic mass is 16.5. The third kappa shape index (κ3) is 1.79. The molecule has 2 unspecified atom stereocenters. The van der Waals surface area contributed by atoms with Crippen LogP contribution in [-0.2, 0) is 4.74 Å². The maximum Gasteiger partial charge on any atom is 0.192 e. The molecule has 0 radical (unpaired) electrons. The van der Waals surface area contributed by atoms with Crippen LogP contribution in [0.4, 0.5) is 0 Å². The van der Waals surface area contributed by atoms with Crippen molar-refractivity contribution >= 4 is 0 Å². The van der Waals surface area contributed by atoms with Gasteiger partial charge in [-0.2, -0.15) is 0 Å². The highest BCUT2D eigenvalue weighted by Crippen LogP contribution is 2.24. The molecule has 1 heterocycles. The summed E-state index contributed by atoms with van der Waals surface area (Å²) in [4.78, 5) is 0. The summed E-state index contributed by atoms with van der Waals surface area (Å²) in [6.45, 7) is 7.57. The number of hydrogen-bond acceptors (Lipinski definition) is 2. The van der Waals surface area contributed by atoms with Gasteiger partial charge in [0.2, 0.25) is 0 Å². The van der Waals surface area contributed by atoms with Crippen molar-refractivity contribution in [3.8, 4) is 0 Å². The maximum atomic E-state index is 9.76. The number of quaternary nitrogens is 1. The van der Waals surface area contributed by atoms with Crippen LogP contribution < -0.4 is 0 Å². The minimum atomic E-state index is -0.193. The number of nitrogens with zero attached hydrogens (tertiary/aromatic N) is 1. The van der Waals surface area contributed by atoms with Gasteiger partial charge in [-0.15, -0.1) is 0 Å². The smallest absolute Gasteiger partial charge is 0.192 e. The van der Waals surface area contributed by atoms with E-state index in [0.29, 0.717) is 6.73 Å². The van der Waals surface area contributed by atoms with E-state index in [0.717, 1.165) is 37.0 Å². The van der Waals surface area contributed by atoms with E-state index in [-0.39, 0.29) is 6.23 Å². The molecule has 0 aromatic heterocycles. The van der Waals surface area contributed by atoms with Crippen molar-refractivity contribution in [2.24, 2.45) is 0 Å². The SMILES string of the molecule is CCOC[N+]1(CC)CCCC1O. The molecule has 72 valence electrons. The zero-order valence-corrected chi connectivity index (χ0v) is 8.12. The first kappa shape index (κ1) is 9.96. The van der Waals surface area contributed by atoms with E-state index in [1.54, 1.807) is 0 Å². The third-order valence-electron chi connectivity index (χ3n) is 2.88. The molecule has 1 fully saturated rings. The van der Waals surface area contributed by atoms with Crippen LogP contribution in [0.2, 0.25) is 0 Å². The molecule has 0 amide bonds. The average molecular weight is 174 g/mol. The summed E-state index contributed by atoms with van der Waals surface area (Å²) in [6, 6.07) is 0. The van der Waals surface area contributed by atoms with Gasteiger partial charge in [-0.05, 0) is 13.8 Å². The zero-order valence-electron chi connectivity index (χ0n) is 8.12. The van der Waals surface area contributed by atoms with Gasteiger partial charge in [-0.3, -0.25) is 4.48 Å². The third-order valence-corrected chi connectivity index (χ3v) is 2.88. The van der Waals surface area contributed by atoms with Crippen LogP contribution in [0.3, 0.4) is 0 Å². The molecule has 1 N–H and O–H groups in total. The quantitative estimate of drug-likeness (QED) is 0.642. The minimum absolute atomic E-state index is 0.193. The lowest BCUT2D eigenvalue weighted by molar-refractivity contribution is -0.973. The molecule has 0 spiro atoms. The summed E-state index contributed by atoms with van der Waals surface area (Å²) in [7, 11) is 0. The van der Waals surface area contributed by atoms with Gasteiger partial charge in [-0.25, -0.2) is 0 Å². The summed E-state index contributed by atoms with van der Waals surface area (Å²) in [5, 5.41) is 9.76. The predicted octanol–water partition coefficient (Wildman–Crippen LogP) is 0.929. The first-order valence-electron chi connectivity index (χ1n) is 4.86. The van der Waals surface area contributed by atoms with Crippen LogP contribution >= 0.6 is 0 Å². The van der Waals surface area contributed by atoms with E-state index in [1.165, 1.54) is 0 Å². The van der Waals surface area contributed by atoms with E-state index in [4.69, 9.17) is 4.74 Å². The van der Waals surface area contributed by atoms with Gasteiger partial charge in [0.25, 0.3) is 0 Å². The Morgan fingerprint density at radius 3 is 2.67 bits per heavy atom. The largest absolute Gasteiger partial charge is 0.345 e. The number of ether oxygens (including phenoxy) is 1. The van der Waals surface area contributed by atoms with Crippen LogP contribution in [0.15, 0.2) is 0 Å². The molecule has 0 saturated carbocycles. The van der Waals surface area contributed by atoms with E-state index in [9.17, 15) is 5.11 Å². The fourth-order valence-electron chi connectivity index (χ4n) is 1.90. The molecular weight excluding hydrogens is 154 g/mol. The summed E-state index contributed by atoms with van der Waals surface area (Å²) >= 11 is 0. The van der Waals surface area contributed by atoms with Crippen LogP contribution in [0.1, 0.15) is 26.7 Å². The van der Waals surface area contributed by atoms with Gasteiger partial charge in [0.15, 0.2) is 13.0 Å². The fourth-order valence-corrected chi connectivity index (χ4v) is 1.90. The number of hydrogen-bond donors (Lipinski definition) is 1. The van der Waals surface area contributed by atoms with Gasteiger partial charge in [0, 0.05) is 19.4 Å². The van der Waals surface area contributed by atoms with Crippen LogP contribution in [0, 0.1) is 0 Å². The second kappa shape index (κ2) is 4.21. The molecule has 3 nitrogen and oxygen atoms in total. The average Bonchev–Trinajstić information content (AvgIpc) is 2.45. The van der Waals surface area contributed by atoms with Crippen molar-refractivity contribution in [3.63, 3.8) is 0 Å². The lowest BCUT2D eigenvalue weighted by Gasteiger charge is -2.35. The molecule has 2 atom stereocenters. The summed E-state index contributed by atoms with van der Waals surface area (Å²) < 4.78 is 6.14. The molecule has 0 aliphatic carbocycles. The highest BCUT2D eigenvalue weighted by Gasteiger charge is 2.39. The first-order chi connectivity index (χ1) is 5.75. The predicted molar refractivity (Wildman–Crippen MR) is 47.4 cm³/mol. The van der Waals surface area contributed by atoms with Crippen LogP contribution in [-0.4, -0.2) is 42.2 Å². The zero-order chi connectivity index (χ0) is 9.03. The van der Waals surface area contributed by atoms with Gasteiger partial charge in [-0.1, -0.05) is 0 Å². The van der Waals surface area contributed by atoms with E-state index < -0.39 is 0 Å². The molecule has 1 aliphatic heterocycles. The fraction of sp³-hybridized carbons (Fsp3) is 1.00. The van der Waals surface area contributed by atoms with Gasteiger partial charge in [0.05, 0.1) is 13.1 Å². The van der Waals surface area contributed by atoms with Crippen LogP contribution in [0.25, 0.3) is 0 Å². The van der Waals surface area contributed by atoms with Gasteiger partial charge >= 0.3 is 0 Å². The Morgan fingerprint density at radius 1 is 1.50 bits per heavy atom. The Bertz CT molecular complexity index is 140. The second-order valence-electron chi connectivity index (χ2n) is 3.50. The van der Waals surface area contributed by atoms with Crippen molar-refractivity contribution in [3.05, 3.63) is 0 Å². The molecule has 0 aromatic rings. The van der Waals surface area contributed by atoms with Crippen molar-refractivity contribution in [1.82, 2.24) is 0 Å². The van der Waals surface area contributed by atoms with Crippen molar-refractivity contribution < 1.29 is 14.3 Å².